The van der Waals surface area contributed by atoms with Gasteiger partial charge in [0.15, 0.2) is 5.11 Å². The van der Waals surface area contributed by atoms with Crippen molar-refractivity contribution >= 4 is 33.3 Å². The van der Waals surface area contributed by atoms with Crippen LogP contribution in [0.3, 0.4) is 0 Å². The van der Waals surface area contributed by atoms with Gasteiger partial charge in [0.05, 0.1) is 17.8 Å². The molecule has 1 aliphatic rings. The first-order valence-corrected chi connectivity index (χ1v) is 9.23. The number of rotatable bonds is 3. The Labute approximate surface area is 160 Å². The summed E-state index contributed by atoms with van der Waals surface area (Å²) in [5.41, 5.74) is 3.27. The van der Waals surface area contributed by atoms with Crippen LogP contribution in [0.5, 0.6) is 0 Å². The molecule has 2 aromatic heterocycles. The predicted molar refractivity (Wildman–Crippen MR) is 107 cm³/mol. The Hall–Kier alpha value is -2.18. The van der Waals surface area contributed by atoms with Gasteiger partial charge in [-0.1, -0.05) is 28.1 Å². The molecule has 2 atom stereocenters. The van der Waals surface area contributed by atoms with Crippen LogP contribution in [0, 0.1) is 0 Å². The standard InChI is InChI=1S/C19H17BrN4S/c1-23-18(17(22-19(23)25)15-8-2-3-10-21-15)16-9-5-11-24(16)14-7-4-6-13(20)12-14/h2-12,17-18H,1H3,(H,22,25). The maximum absolute atomic E-state index is 5.52. The number of hydrogen-bond donors (Lipinski definition) is 1. The minimum absolute atomic E-state index is 0.0134. The summed E-state index contributed by atoms with van der Waals surface area (Å²) < 4.78 is 3.26. The second-order valence-corrected chi connectivity index (χ2v) is 7.32. The molecule has 1 N–H and O–H groups in total. The molecule has 25 heavy (non-hydrogen) atoms. The zero-order valence-electron chi connectivity index (χ0n) is 13.6. The largest absolute Gasteiger partial charge is 0.352 e. The first-order chi connectivity index (χ1) is 12.1. The lowest BCUT2D eigenvalue weighted by Gasteiger charge is -2.25. The van der Waals surface area contributed by atoms with Gasteiger partial charge in [0, 0.05) is 35.3 Å². The Morgan fingerprint density at radius 3 is 2.76 bits per heavy atom. The van der Waals surface area contributed by atoms with E-state index in [1.807, 2.05) is 43.6 Å². The molecule has 3 aromatic rings. The zero-order chi connectivity index (χ0) is 17.4. The van der Waals surface area contributed by atoms with Crippen molar-refractivity contribution in [1.29, 1.82) is 0 Å². The highest BCUT2D eigenvalue weighted by atomic mass is 79.9. The number of pyridine rings is 1. The van der Waals surface area contributed by atoms with Crippen LogP contribution in [0.1, 0.15) is 23.5 Å². The highest BCUT2D eigenvalue weighted by Gasteiger charge is 2.39. The van der Waals surface area contributed by atoms with Crippen molar-refractivity contribution in [2.24, 2.45) is 0 Å². The number of aromatic nitrogens is 2. The van der Waals surface area contributed by atoms with Crippen molar-refractivity contribution < 1.29 is 0 Å². The van der Waals surface area contributed by atoms with Crippen LogP contribution in [0.25, 0.3) is 5.69 Å². The van der Waals surface area contributed by atoms with Gasteiger partial charge in [-0.15, -0.1) is 0 Å². The molecule has 0 aliphatic carbocycles. The fourth-order valence-corrected chi connectivity index (χ4v) is 3.95. The van der Waals surface area contributed by atoms with Gasteiger partial charge in [0.25, 0.3) is 0 Å². The summed E-state index contributed by atoms with van der Waals surface area (Å²) >= 11 is 9.08. The molecule has 0 spiro atoms. The van der Waals surface area contributed by atoms with Crippen molar-refractivity contribution in [1.82, 2.24) is 19.8 Å². The van der Waals surface area contributed by atoms with Gasteiger partial charge in [-0.05, 0) is 54.7 Å². The lowest BCUT2D eigenvalue weighted by Crippen LogP contribution is -2.25. The number of hydrogen-bond acceptors (Lipinski definition) is 2. The molecule has 3 heterocycles. The number of likely N-dealkylation sites (N-methyl/N-ethyl adjacent to an activating group) is 1. The van der Waals surface area contributed by atoms with E-state index in [2.05, 4.69) is 66.2 Å². The number of thiocarbonyl (C=S) groups is 1. The van der Waals surface area contributed by atoms with Crippen molar-refractivity contribution in [3.8, 4) is 5.69 Å². The average Bonchev–Trinajstić information content (AvgIpc) is 3.21. The number of nitrogens with one attached hydrogen (secondary N) is 1. The molecular weight excluding hydrogens is 396 g/mol. The molecular formula is C19H17BrN4S. The van der Waals surface area contributed by atoms with Crippen molar-refractivity contribution in [3.05, 3.63) is 82.9 Å². The molecule has 0 bridgehead atoms. The molecule has 6 heteroatoms. The Morgan fingerprint density at radius 1 is 1.12 bits per heavy atom. The van der Waals surface area contributed by atoms with E-state index >= 15 is 0 Å². The van der Waals surface area contributed by atoms with E-state index in [0.717, 1.165) is 21.0 Å². The number of nitrogens with zero attached hydrogens (tertiary/aromatic N) is 3. The second kappa shape index (κ2) is 6.61. The molecule has 4 nitrogen and oxygen atoms in total. The van der Waals surface area contributed by atoms with Gasteiger partial charge in [0.2, 0.25) is 0 Å². The summed E-state index contributed by atoms with van der Waals surface area (Å²) in [7, 11) is 2.03. The molecule has 1 saturated heterocycles. The first kappa shape index (κ1) is 16.3. The summed E-state index contributed by atoms with van der Waals surface area (Å²) in [5.74, 6) is 0. The summed E-state index contributed by atoms with van der Waals surface area (Å²) in [4.78, 5) is 6.65. The van der Waals surface area contributed by atoms with Crippen LogP contribution in [0.15, 0.2) is 71.5 Å². The Morgan fingerprint density at radius 2 is 2.00 bits per heavy atom. The van der Waals surface area contributed by atoms with Crippen LogP contribution in [-0.4, -0.2) is 26.6 Å². The van der Waals surface area contributed by atoms with Gasteiger partial charge in [-0.25, -0.2) is 0 Å². The molecule has 4 rings (SSSR count). The molecule has 1 aliphatic heterocycles. The van der Waals surface area contributed by atoms with Crippen LogP contribution in [0.2, 0.25) is 0 Å². The van der Waals surface area contributed by atoms with Crippen molar-refractivity contribution in [2.75, 3.05) is 7.05 Å². The lowest BCUT2D eigenvalue weighted by atomic mass is 10.0. The van der Waals surface area contributed by atoms with E-state index in [0.29, 0.717) is 0 Å². The molecule has 1 aromatic carbocycles. The van der Waals surface area contributed by atoms with Crippen LogP contribution in [-0.2, 0) is 0 Å². The third kappa shape index (κ3) is 2.96. The van der Waals surface area contributed by atoms with E-state index in [4.69, 9.17) is 12.2 Å². The number of benzene rings is 1. The van der Waals surface area contributed by atoms with Crippen LogP contribution in [0.4, 0.5) is 0 Å². The van der Waals surface area contributed by atoms with E-state index in [1.165, 1.54) is 5.69 Å². The zero-order valence-corrected chi connectivity index (χ0v) is 16.0. The molecule has 0 saturated carbocycles. The van der Waals surface area contributed by atoms with Crippen molar-refractivity contribution in [3.63, 3.8) is 0 Å². The molecule has 0 amide bonds. The first-order valence-electron chi connectivity index (χ1n) is 8.02. The predicted octanol–water partition coefficient (Wildman–Crippen LogP) is 4.24. The van der Waals surface area contributed by atoms with Gasteiger partial charge in [-0.3, -0.25) is 4.98 Å². The fourth-order valence-electron chi connectivity index (χ4n) is 3.32. The highest BCUT2D eigenvalue weighted by molar-refractivity contribution is 9.10. The summed E-state index contributed by atoms with van der Waals surface area (Å²) in [6.07, 6.45) is 3.91. The Balaban J connectivity index is 1.80. The maximum Gasteiger partial charge on any atom is 0.169 e. The lowest BCUT2D eigenvalue weighted by molar-refractivity contribution is 0.357. The SMILES string of the molecule is CN1C(=S)NC(c2ccccn2)C1c1cccn1-c1cccc(Br)c1. The average molecular weight is 413 g/mol. The third-order valence-corrected chi connectivity index (χ3v) is 5.41. The monoisotopic (exact) mass is 412 g/mol. The molecule has 2 unspecified atom stereocenters. The Bertz CT molecular complexity index is 909. The summed E-state index contributed by atoms with van der Waals surface area (Å²) in [6.45, 7) is 0. The molecule has 126 valence electrons. The maximum atomic E-state index is 5.52. The minimum Gasteiger partial charge on any atom is -0.352 e. The smallest absolute Gasteiger partial charge is 0.169 e. The van der Waals surface area contributed by atoms with Crippen LogP contribution >= 0.6 is 28.1 Å². The van der Waals surface area contributed by atoms with Gasteiger partial charge in [0.1, 0.15) is 0 Å². The quantitative estimate of drug-likeness (QED) is 0.652. The van der Waals surface area contributed by atoms with Gasteiger partial charge < -0.3 is 14.8 Å². The van der Waals surface area contributed by atoms with Crippen LogP contribution < -0.4 is 5.32 Å². The van der Waals surface area contributed by atoms with Gasteiger partial charge >= 0.3 is 0 Å². The normalized spacial score (nSPS) is 19.9. The van der Waals surface area contributed by atoms with E-state index < -0.39 is 0 Å². The Kier molecular flexibility index (Phi) is 4.31. The van der Waals surface area contributed by atoms with E-state index in [9.17, 15) is 0 Å². The minimum atomic E-state index is 0.0134. The second-order valence-electron chi connectivity index (χ2n) is 6.02. The summed E-state index contributed by atoms with van der Waals surface area (Å²) in [6, 6.07) is 18.6. The topological polar surface area (TPSA) is 33.1 Å². The molecule has 1 fully saturated rings. The summed E-state index contributed by atoms with van der Waals surface area (Å²) in [5, 5.41) is 4.16. The third-order valence-electron chi connectivity index (χ3n) is 4.51. The van der Waals surface area contributed by atoms with E-state index in [-0.39, 0.29) is 12.1 Å². The number of halogens is 1. The van der Waals surface area contributed by atoms with Gasteiger partial charge in [-0.2, -0.15) is 0 Å². The van der Waals surface area contributed by atoms with Crippen molar-refractivity contribution in [2.45, 2.75) is 12.1 Å². The van der Waals surface area contributed by atoms with E-state index in [1.54, 1.807) is 0 Å². The molecule has 0 radical (unpaired) electrons. The highest BCUT2D eigenvalue weighted by Crippen LogP contribution is 2.38. The fraction of sp³-hybridized carbons (Fsp3) is 0.158.